The van der Waals surface area contributed by atoms with Gasteiger partial charge in [0, 0.05) is 29.6 Å². The van der Waals surface area contributed by atoms with Crippen LogP contribution in [0.4, 0.5) is 11.4 Å². The Morgan fingerprint density at radius 3 is 2.43 bits per heavy atom. The van der Waals surface area contributed by atoms with Crippen molar-refractivity contribution in [1.29, 1.82) is 0 Å². The molecule has 2 atom stereocenters. The Hall–Kier alpha value is -3.55. The number of nitrogens with one attached hydrogen (secondary N) is 2. The zero-order valence-corrected chi connectivity index (χ0v) is 16.2. The summed E-state index contributed by atoms with van der Waals surface area (Å²) in [6.07, 6.45) is 2.45. The van der Waals surface area contributed by atoms with Gasteiger partial charge in [-0.1, -0.05) is 25.0 Å². The molecule has 8 nitrogen and oxygen atoms in total. The molecular formula is C22H21N2O6-. The van der Waals surface area contributed by atoms with Crippen LogP contribution in [-0.2, 0) is 9.59 Å². The van der Waals surface area contributed by atoms with Gasteiger partial charge in [0.15, 0.2) is 11.5 Å². The highest BCUT2D eigenvalue weighted by Gasteiger charge is 2.32. The van der Waals surface area contributed by atoms with E-state index in [1.807, 2.05) is 0 Å². The second kappa shape index (κ2) is 8.44. The number of fused-ring (bicyclic) bond motifs is 1. The fourth-order valence-electron chi connectivity index (χ4n) is 3.92. The van der Waals surface area contributed by atoms with Gasteiger partial charge in [0.1, 0.15) is 0 Å². The van der Waals surface area contributed by atoms with Gasteiger partial charge in [-0.05, 0) is 37.1 Å². The van der Waals surface area contributed by atoms with Gasteiger partial charge in [-0.2, -0.15) is 0 Å². The van der Waals surface area contributed by atoms with Gasteiger partial charge in [-0.3, -0.25) is 9.59 Å². The number of hydrogen-bond acceptors (Lipinski definition) is 6. The fraction of sp³-hybridized carbons (Fsp3) is 0.318. The Labute approximate surface area is 173 Å². The van der Waals surface area contributed by atoms with Crippen molar-refractivity contribution in [2.24, 2.45) is 11.8 Å². The van der Waals surface area contributed by atoms with Gasteiger partial charge in [-0.25, -0.2) is 0 Å². The molecule has 1 aliphatic carbocycles. The second-order valence-electron chi connectivity index (χ2n) is 7.37. The lowest BCUT2D eigenvalue weighted by Crippen LogP contribution is -2.42. The summed E-state index contributed by atoms with van der Waals surface area (Å²) >= 11 is 0. The van der Waals surface area contributed by atoms with Crippen LogP contribution in [0.2, 0.25) is 0 Å². The van der Waals surface area contributed by atoms with Gasteiger partial charge in [0.2, 0.25) is 12.7 Å². The maximum Gasteiger partial charge on any atom is 0.257 e. The number of benzene rings is 2. The van der Waals surface area contributed by atoms with Crippen molar-refractivity contribution >= 4 is 29.2 Å². The Morgan fingerprint density at radius 1 is 0.900 bits per heavy atom. The Kier molecular flexibility index (Phi) is 5.56. The minimum atomic E-state index is -1.20. The van der Waals surface area contributed by atoms with E-state index in [1.54, 1.807) is 42.5 Å². The van der Waals surface area contributed by atoms with Gasteiger partial charge in [0.25, 0.3) is 5.91 Å². The quantitative estimate of drug-likeness (QED) is 0.782. The van der Waals surface area contributed by atoms with Crippen LogP contribution in [-0.4, -0.2) is 24.6 Å². The zero-order chi connectivity index (χ0) is 21.1. The molecule has 2 amide bonds. The van der Waals surface area contributed by atoms with E-state index in [-0.39, 0.29) is 12.4 Å². The standard InChI is InChI=1S/C22H22N2O6/c25-20(14-5-1-2-6-15(14)22(27)28)24-17-8-4-3-7-16(17)21(26)23-13-9-10-18-19(11-13)30-12-29-18/h3-4,7-11,14-15H,1-2,5-6,12H2,(H,23,26)(H,24,25)(H,27,28)/p-1/t14-,15-/m0/s1. The lowest BCUT2D eigenvalue weighted by atomic mass is 9.78. The topological polar surface area (TPSA) is 117 Å². The molecule has 0 aromatic heterocycles. The van der Waals surface area contributed by atoms with E-state index in [9.17, 15) is 19.5 Å². The number of carboxylic acids is 1. The summed E-state index contributed by atoms with van der Waals surface area (Å²) in [5, 5.41) is 16.9. The first kappa shape index (κ1) is 19.8. The summed E-state index contributed by atoms with van der Waals surface area (Å²) in [7, 11) is 0. The molecule has 2 aromatic rings. The van der Waals surface area contributed by atoms with Crippen LogP contribution in [0.1, 0.15) is 36.0 Å². The molecule has 1 fully saturated rings. The van der Waals surface area contributed by atoms with Crippen LogP contribution in [0.15, 0.2) is 42.5 Å². The van der Waals surface area contributed by atoms with Crippen LogP contribution < -0.4 is 25.2 Å². The molecule has 8 heteroatoms. The van der Waals surface area contributed by atoms with E-state index < -0.39 is 29.6 Å². The molecule has 2 N–H and O–H groups in total. The van der Waals surface area contributed by atoms with E-state index in [0.717, 1.165) is 12.8 Å². The molecule has 1 heterocycles. The lowest BCUT2D eigenvalue weighted by Gasteiger charge is -2.31. The molecule has 1 saturated carbocycles. The van der Waals surface area contributed by atoms with E-state index >= 15 is 0 Å². The van der Waals surface area contributed by atoms with Crippen LogP contribution in [0.5, 0.6) is 11.5 Å². The molecule has 0 spiro atoms. The SMILES string of the molecule is O=C(Nc1ccc2c(c1)OCO2)c1ccccc1NC(=O)[C@H]1CCCC[C@@H]1C(=O)[O-]. The number of hydrogen-bond donors (Lipinski definition) is 2. The van der Waals surface area contributed by atoms with Crippen LogP contribution in [0.25, 0.3) is 0 Å². The molecule has 2 aromatic carbocycles. The summed E-state index contributed by atoms with van der Waals surface area (Å²) in [5.41, 5.74) is 1.11. The maximum atomic E-state index is 12.8. The van der Waals surface area contributed by atoms with Crippen molar-refractivity contribution in [2.45, 2.75) is 25.7 Å². The number of amides is 2. The molecule has 2 aliphatic rings. The Morgan fingerprint density at radius 2 is 1.63 bits per heavy atom. The fourth-order valence-corrected chi connectivity index (χ4v) is 3.92. The lowest BCUT2D eigenvalue weighted by molar-refractivity contribution is -0.313. The summed E-state index contributed by atoms with van der Waals surface area (Å²) in [4.78, 5) is 37.0. The van der Waals surface area contributed by atoms with E-state index in [2.05, 4.69) is 10.6 Å². The number of carboxylic acid groups (broad SMARTS) is 1. The first-order valence-electron chi connectivity index (χ1n) is 9.84. The smallest absolute Gasteiger partial charge is 0.257 e. The number of carbonyl (C=O) groups is 3. The first-order chi connectivity index (χ1) is 14.5. The second-order valence-corrected chi connectivity index (χ2v) is 7.37. The highest BCUT2D eigenvalue weighted by molar-refractivity contribution is 6.10. The maximum absolute atomic E-state index is 12.8. The third kappa shape index (κ3) is 4.07. The van der Waals surface area contributed by atoms with Gasteiger partial charge < -0.3 is 30.0 Å². The number of para-hydroxylation sites is 1. The van der Waals surface area contributed by atoms with Crippen molar-refractivity contribution in [3.05, 3.63) is 48.0 Å². The highest BCUT2D eigenvalue weighted by Crippen LogP contribution is 2.35. The average molecular weight is 409 g/mol. The third-order valence-corrected chi connectivity index (χ3v) is 5.47. The average Bonchev–Trinajstić information content (AvgIpc) is 3.22. The van der Waals surface area contributed by atoms with Crippen LogP contribution in [0.3, 0.4) is 0 Å². The number of aliphatic carboxylic acids is 1. The van der Waals surface area contributed by atoms with Crippen LogP contribution in [0, 0.1) is 11.8 Å². The number of ether oxygens (including phenoxy) is 2. The molecule has 156 valence electrons. The normalized spacial score (nSPS) is 19.7. The van der Waals surface area contributed by atoms with E-state index in [0.29, 0.717) is 35.7 Å². The van der Waals surface area contributed by atoms with Crippen molar-refractivity contribution in [3.8, 4) is 11.5 Å². The largest absolute Gasteiger partial charge is 0.550 e. The number of rotatable bonds is 5. The van der Waals surface area contributed by atoms with Gasteiger partial charge in [-0.15, -0.1) is 0 Å². The van der Waals surface area contributed by atoms with E-state index in [4.69, 9.17) is 9.47 Å². The summed E-state index contributed by atoms with van der Waals surface area (Å²) in [6.45, 7) is 0.135. The summed E-state index contributed by atoms with van der Waals surface area (Å²) < 4.78 is 10.6. The number of carbonyl (C=O) groups excluding carboxylic acids is 3. The number of anilines is 2. The Balaban J connectivity index is 1.50. The van der Waals surface area contributed by atoms with Crippen LogP contribution >= 0.6 is 0 Å². The first-order valence-corrected chi connectivity index (χ1v) is 9.84. The van der Waals surface area contributed by atoms with Gasteiger partial charge >= 0.3 is 0 Å². The van der Waals surface area contributed by atoms with Crippen molar-refractivity contribution in [2.75, 3.05) is 17.4 Å². The predicted molar refractivity (Wildman–Crippen MR) is 106 cm³/mol. The zero-order valence-electron chi connectivity index (χ0n) is 16.2. The summed E-state index contributed by atoms with van der Waals surface area (Å²) in [5.74, 6) is -2.36. The molecule has 4 rings (SSSR count). The van der Waals surface area contributed by atoms with Gasteiger partial charge in [0.05, 0.1) is 11.3 Å². The van der Waals surface area contributed by atoms with Crippen molar-refractivity contribution in [1.82, 2.24) is 0 Å². The van der Waals surface area contributed by atoms with E-state index in [1.165, 1.54) is 0 Å². The molecule has 1 aliphatic heterocycles. The predicted octanol–water partition coefficient (Wildman–Crippen LogP) is 2.16. The molecule has 0 radical (unpaired) electrons. The monoisotopic (exact) mass is 409 g/mol. The highest BCUT2D eigenvalue weighted by atomic mass is 16.7. The summed E-state index contributed by atoms with van der Waals surface area (Å²) in [6, 6.07) is 11.7. The molecule has 30 heavy (non-hydrogen) atoms. The minimum absolute atomic E-state index is 0.135. The third-order valence-electron chi connectivity index (χ3n) is 5.47. The van der Waals surface area contributed by atoms with Crippen molar-refractivity contribution < 1.29 is 29.0 Å². The Bertz CT molecular complexity index is 989. The molecule has 0 unspecified atom stereocenters. The molecular weight excluding hydrogens is 388 g/mol. The molecule has 0 saturated heterocycles. The minimum Gasteiger partial charge on any atom is -0.550 e. The molecule has 0 bridgehead atoms. The van der Waals surface area contributed by atoms with Crippen molar-refractivity contribution in [3.63, 3.8) is 0 Å².